The van der Waals surface area contributed by atoms with Crippen molar-refractivity contribution < 1.29 is 18.0 Å². The maximum atomic E-state index is 13.3. The molecule has 0 radical (unpaired) electrons. The molecule has 1 aromatic rings. The van der Waals surface area contributed by atoms with Crippen molar-refractivity contribution >= 4 is 5.78 Å². The van der Waals surface area contributed by atoms with E-state index in [-0.39, 0.29) is 24.8 Å². The molecular weight excluding hydrogens is 241 g/mol. The molecule has 18 heavy (non-hydrogen) atoms. The zero-order chi connectivity index (χ0) is 13.4. The van der Waals surface area contributed by atoms with Crippen molar-refractivity contribution in [1.29, 1.82) is 0 Å². The number of alkyl halides is 3. The van der Waals surface area contributed by atoms with Crippen LogP contribution in [-0.2, 0) is 6.42 Å². The summed E-state index contributed by atoms with van der Waals surface area (Å²) < 4.78 is 39.8. The van der Waals surface area contributed by atoms with E-state index in [2.05, 4.69) is 6.58 Å². The van der Waals surface area contributed by atoms with Crippen molar-refractivity contribution in [2.45, 2.75) is 25.4 Å². The van der Waals surface area contributed by atoms with Gasteiger partial charge in [-0.05, 0) is 24.8 Å². The molecule has 0 spiro atoms. The third-order valence-corrected chi connectivity index (χ3v) is 3.55. The minimum atomic E-state index is -4.54. The smallest absolute Gasteiger partial charge is 0.293 e. The summed E-state index contributed by atoms with van der Waals surface area (Å²) in [6.45, 7) is 3.35. The highest BCUT2D eigenvalue weighted by molar-refractivity contribution is 6.03. The lowest BCUT2D eigenvalue weighted by molar-refractivity contribution is -0.206. The Morgan fingerprint density at radius 3 is 2.61 bits per heavy atom. The second-order valence-electron chi connectivity index (χ2n) is 4.56. The third-order valence-electron chi connectivity index (χ3n) is 3.55. The number of rotatable bonds is 2. The van der Waals surface area contributed by atoms with Crippen LogP contribution in [0.5, 0.6) is 0 Å². The molecule has 0 aromatic heterocycles. The number of hydrogen-bond donors (Lipinski definition) is 0. The summed E-state index contributed by atoms with van der Waals surface area (Å²) in [7, 11) is 0. The molecule has 4 heteroatoms. The van der Waals surface area contributed by atoms with Crippen LogP contribution >= 0.6 is 0 Å². The average molecular weight is 254 g/mol. The first-order valence-electron chi connectivity index (χ1n) is 5.73. The highest BCUT2D eigenvalue weighted by Crippen LogP contribution is 2.50. The molecule has 96 valence electrons. The minimum Gasteiger partial charge on any atom is -0.293 e. The van der Waals surface area contributed by atoms with Gasteiger partial charge in [0.25, 0.3) is 0 Å². The van der Waals surface area contributed by atoms with Crippen LogP contribution in [-0.4, -0.2) is 12.0 Å². The monoisotopic (exact) mass is 254 g/mol. The number of ketones is 1. The Kier molecular flexibility index (Phi) is 3.05. The van der Waals surface area contributed by atoms with Gasteiger partial charge in [-0.2, -0.15) is 13.2 Å². The van der Waals surface area contributed by atoms with Crippen molar-refractivity contribution in [3.05, 3.63) is 48.0 Å². The number of hydrogen-bond acceptors (Lipinski definition) is 1. The number of aryl methyl sites for hydroxylation is 1. The van der Waals surface area contributed by atoms with E-state index in [4.69, 9.17) is 0 Å². The number of allylic oxidation sites excluding steroid dienone is 1. The van der Waals surface area contributed by atoms with Gasteiger partial charge in [-0.3, -0.25) is 4.79 Å². The Labute approximate surface area is 103 Å². The quantitative estimate of drug-likeness (QED) is 0.730. The fraction of sp³-hybridized carbons (Fsp3) is 0.357. The topological polar surface area (TPSA) is 17.1 Å². The average Bonchev–Trinajstić information content (AvgIpc) is 2.32. The summed E-state index contributed by atoms with van der Waals surface area (Å²) in [5, 5.41) is 0. The van der Waals surface area contributed by atoms with Gasteiger partial charge in [0.05, 0.1) is 0 Å². The van der Waals surface area contributed by atoms with Gasteiger partial charge in [-0.1, -0.05) is 30.3 Å². The Balaban J connectivity index is 2.54. The van der Waals surface area contributed by atoms with Crippen LogP contribution in [0, 0.1) is 5.41 Å². The third kappa shape index (κ3) is 1.76. The highest BCUT2D eigenvalue weighted by atomic mass is 19.4. The summed E-state index contributed by atoms with van der Waals surface area (Å²) in [6.07, 6.45) is -3.64. The predicted octanol–water partition coefficient (Wildman–Crippen LogP) is 3.94. The molecule has 1 aromatic carbocycles. The maximum absolute atomic E-state index is 13.3. The predicted molar refractivity (Wildman–Crippen MR) is 62.4 cm³/mol. The number of Topliss-reactive ketones (excluding diaryl/α,β-unsaturated/α-hetero) is 1. The van der Waals surface area contributed by atoms with Gasteiger partial charge >= 0.3 is 6.18 Å². The van der Waals surface area contributed by atoms with Crippen molar-refractivity contribution in [3.8, 4) is 0 Å². The maximum Gasteiger partial charge on any atom is 0.401 e. The number of fused-ring (bicyclic) bond motifs is 1. The molecule has 1 nitrogen and oxygen atoms in total. The van der Waals surface area contributed by atoms with Gasteiger partial charge in [0.15, 0.2) is 5.78 Å². The molecule has 0 heterocycles. The van der Waals surface area contributed by atoms with E-state index in [1.165, 1.54) is 12.1 Å². The van der Waals surface area contributed by atoms with E-state index in [0.717, 1.165) is 0 Å². The molecule has 1 aliphatic carbocycles. The Morgan fingerprint density at radius 2 is 2.00 bits per heavy atom. The molecule has 0 saturated carbocycles. The largest absolute Gasteiger partial charge is 0.401 e. The van der Waals surface area contributed by atoms with Crippen LogP contribution in [0.2, 0.25) is 0 Å². The molecule has 0 fully saturated rings. The standard InChI is InChI=1S/C14H13F3O/c1-2-8-13(14(15,16)17)9-7-10-5-3-4-6-11(10)12(13)18/h2-6H,1,7-9H2. The molecule has 2 rings (SSSR count). The van der Waals surface area contributed by atoms with Crippen LogP contribution < -0.4 is 0 Å². The second kappa shape index (κ2) is 4.26. The summed E-state index contributed by atoms with van der Waals surface area (Å²) in [5.41, 5.74) is -1.39. The first-order valence-corrected chi connectivity index (χ1v) is 5.73. The van der Waals surface area contributed by atoms with Crippen molar-refractivity contribution in [1.82, 2.24) is 0 Å². The molecule has 1 aliphatic rings. The summed E-state index contributed by atoms with van der Waals surface area (Å²) in [4.78, 5) is 12.2. The number of halogens is 3. The van der Waals surface area contributed by atoms with Gasteiger partial charge < -0.3 is 0 Å². The van der Waals surface area contributed by atoms with Crippen LogP contribution in [0.15, 0.2) is 36.9 Å². The van der Waals surface area contributed by atoms with Crippen molar-refractivity contribution in [2.24, 2.45) is 5.41 Å². The Hall–Kier alpha value is -1.58. The molecular formula is C14H13F3O. The Morgan fingerprint density at radius 1 is 1.33 bits per heavy atom. The lowest BCUT2D eigenvalue weighted by Gasteiger charge is -2.37. The number of carbonyl (C=O) groups is 1. The van der Waals surface area contributed by atoms with Gasteiger partial charge in [0.2, 0.25) is 0 Å². The summed E-state index contributed by atoms with van der Waals surface area (Å²) >= 11 is 0. The fourth-order valence-electron chi connectivity index (χ4n) is 2.51. The van der Waals surface area contributed by atoms with Crippen LogP contribution in [0.1, 0.15) is 28.8 Å². The van der Waals surface area contributed by atoms with Gasteiger partial charge in [0.1, 0.15) is 5.41 Å². The molecule has 0 bridgehead atoms. The second-order valence-corrected chi connectivity index (χ2v) is 4.56. The van der Waals surface area contributed by atoms with Gasteiger partial charge in [-0.15, -0.1) is 6.58 Å². The van der Waals surface area contributed by atoms with Gasteiger partial charge in [-0.25, -0.2) is 0 Å². The molecule has 0 amide bonds. The first-order chi connectivity index (χ1) is 8.42. The van der Waals surface area contributed by atoms with E-state index in [9.17, 15) is 18.0 Å². The van der Waals surface area contributed by atoms with E-state index < -0.39 is 17.4 Å². The van der Waals surface area contributed by atoms with E-state index in [0.29, 0.717) is 5.56 Å². The van der Waals surface area contributed by atoms with E-state index in [1.54, 1.807) is 18.2 Å². The van der Waals surface area contributed by atoms with E-state index in [1.807, 2.05) is 0 Å². The lowest BCUT2D eigenvalue weighted by atomic mass is 9.68. The molecule has 0 N–H and O–H groups in total. The van der Waals surface area contributed by atoms with Crippen molar-refractivity contribution in [3.63, 3.8) is 0 Å². The molecule has 0 saturated heterocycles. The van der Waals surface area contributed by atoms with Crippen LogP contribution in [0.25, 0.3) is 0 Å². The minimum absolute atomic E-state index is 0.196. The van der Waals surface area contributed by atoms with Crippen molar-refractivity contribution in [2.75, 3.05) is 0 Å². The molecule has 1 unspecified atom stereocenters. The highest BCUT2D eigenvalue weighted by Gasteiger charge is 2.60. The molecule has 0 aliphatic heterocycles. The van der Waals surface area contributed by atoms with Crippen LogP contribution in [0.3, 0.4) is 0 Å². The van der Waals surface area contributed by atoms with Gasteiger partial charge in [0, 0.05) is 5.56 Å². The SMILES string of the molecule is C=CCC1(C(F)(F)F)CCc2ccccc2C1=O. The lowest BCUT2D eigenvalue weighted by Crippen LogP contribution is -2.47. The normalized spacial score (nSPS) is 23.6. The number of benzene rings is 1. The first kappa shape index (κ1) is 12.9. The van der Waals surface area contributed by atoms with Crippen LogP contribution in [0.4, 0.5) is 13.2 Å². The number of carbonyl (C=O) groups excluding carboxylic acids is 1. The summed E-state index contributed by atoms with van der Waals surface area (Å²) in [5.74, 6) is -0.822. The zero-order valence-electron chi connectivity index (χ0n) is 9.76. The molecule has 1 atom stereocenters. The fourth-order valence-corrected chi connectivity index (χ4v) is 2.51. The Bertz CT molecular complexity index is 490. The summed E-state index contributed by atoms with van der Waals surface area (Å²) in [6, 6.07) is 6.51. The van der Waals surface area contributed by atoms with E-state index >= 15 is 0 Å². The zero-order valence-corrected chi connectivity index (χ0v) is 9.76.